The molecule has 0 aromatic heterocycles. The molecule has 0 rings (SSSR count). The summed E-state index contributed by atoms with van der Waals surface area (Å²) in [5.41, 5.74) is 0. The van der Waals surface area contributed by atoms with Gasteiger partial charge in [0.25, 0.3) is 0 Å². The van der Waals surface area contributed by atoms with Crippen LogP contribution in [0.4, 0.5) is 0 Å². The number of unbranched alkanes of at least 4 members (excludes halogenated alkanes) is 2. The lowest BCUT2D eigenvalue weighted by molar-refractivity contribution is -0.133. The minimum Gasteiger partial charge on any atom is -0.344 e. The number of hydrogen-bond donors (Lipinski definition) is 0. The lowest BCUT2D eigenvalue weighted by Gasteiger charge is -2.22. The van der Waals surface area contributed by atoms with Gasteiger partial charge in [0, 0.05) is 50.7 Å². The third-order valence-corrected chi connectivity index (χ3v) is 4.29. The first-order valence-corrected chi connectivity index (χ1v) is 9.37. The van der Waals surface area contributed by atoms with E-state index in [4.69, 9.17) is 0 Å². The predicted molar refractivity (Wildman–Crippen MR) is 90.6 cm³/mol. The standard InChI is InChI=1S/C14H26Br2N2O2/c1-17(13(19)7-3-5-9-15)11-12-18(2)14(20)8-4-6-10-16/h3-12H2,1-2H3. The van der Waals surface area contributed by atoms with Crippen LogP contribution in [0.1, 0.15) is 38.5 Å². The van der Waals surface area contributed by atoms with Crippen LogP contribution < -0.4 is 0 Å². The molecule has 0 spiro atoms. The number of halogens is 2. The molecule has 0 radical (unpaired) electrons. The smallest absolute Gasteiger partial charge is 0.222 e. The van der Waals surface area contributed by atoms with Crippen LogP contribution in [0.25, 0.3) is 0 Å². The summed E-state index contributed by atoms with van der Waals surface area (Å²) in [6, 6.07) is 0. The summed E-state index contributed by atoms with van der Waals surface area (Å²) < 4.78 is 0. The molecule has 0 aliphatic carbocycles. The van der Waals surface area contributed by atoms with Crippen molar-refractivity contribution in [2.75, 3.05) is 37.8 Å². The summed E-state index contributed by atoms with van der Waals surface area (Å²) in [5, 5.41) is 1.88. The fourth-order valence-electron chi connectivity index (χ4n) is 1.67. The van der Waals surface area contributed by atoms with Crippen LogP contribution in [0.5, 0.6) is 0 Å². The molecule has 0 N–H and O–H groups in total. The molecule has 0 aromatic carbocycles. The molecule has 6 heteroatoms. The van der Waals surface area contributed by atoms with Gasteiger partial charge in [0.1, 0.15) is 0 Å². The Balaban J connectivity index is 3.83. The largest absolute Gasteiger partial charge is 0.344 e. The van der Waals surface area contributed by atoms with E-state index in [0.717, 1.165) is 36.3 Å². The predicted octanol–water partition coefficient (Wildman–Crippen LogP) is 3.03. The summed E-state index contributed by atoms with van der Waals surface area (Å²) in [6.07, 6.45) is 5.04. The summed E-state index contributed by atoms with van der Waals surface area (Å²) in [7, 11) is 3.61. The summed E-state index contributed by atoms with van der Waals surface area (Å²) >= 11 is 6.71. The summed E-state index contributed by atoms with van der Waals surface area (Å²) in [4.78, 5) is 27.1. The van der Waals surface area contributed by atoms with Crippen LogP contribution in [-0.2, 0) is 9.59 Å². The highest BCUT2D eigenvalue weighted by Gasteiger charge is 2.12. The maximum atomic E-state index is 11.8. The molecule has 4 nitrogen and oxygen atoms in total. The average Bonchev–Trinajstić information content (AvgIpc) is 2.44. The zero-order chi connectivity index (χ0) is 15.4. The van der Waals surface area contributed by atoms with Crippen LogP contribution in [-0.4, -0.2) is 59.5 Å². The molecule has 0 heterocycles. The zero-order valence-corrected chi connectivity index (χ0v) is 15.7. The molecule has 0 aromatic rings. The Kier molecular flexibility index (Phi) is 12.6. The van der Waals surface area contributed by atoms with Gasteiger partial charge in [-0.2, -0.15) is 0 Å². The first-order valence-electron chi connectivity index (χ1n) is 7.12. The number of rotatable bonds is 11. The molecule has 0 fully saturated rings. The lowest BCUT2D eigenvalue weighted by Crippen LogP contribution is -2.37. The van der Waals surface area contributed by atoms with Crippen molar-refractivity contribution in [1.29, 1.82) is 0 Å². The van der Waals surface area contributed by atoms with Gasteiger partial charge < -0.3 is 9.80 Å². The van der Waals surface area contributed by atoms with E-state index in [9.17, 15) is 9.59 Å². The van der Waals surface area contributed by atoms with E-state index in [2.05, 4.69) is 31.9 Å². The highest BCUT2D eigenvalue weighted by atomic mass is 79.9. The second-order valence-corrected chi connectivity index (χ2v) is 6.51. The van der Waals surface area contributed by atoms with Crippen molar-refractivity contribution < 1.29 is 9.59 Å². The third-order valence-electron chi connectivity index (χ3n) is 3.17. The van der Waals surface area contributed by atoms with Crippen molar-refractivity contribution in [3.8, 4) is 0 Å². The first kappa shape index (κ1) is 19.9. The van der Waals surface area contributed by atoms with Gasteiger partial charge >= 0.3 is 0 Å². The normalized spacial score (nSPS) is 10.4. The monoisotopic (exact) mass is 412 g/mol. The van der Waals surface area contributed by atoms with E-state index >= 15 is 0 Å². The van der Waals surface area contributed by atoms with Crippen molar-refractivity contribution in [3.63, 3.8) is 0 Å². The van der Waals surface area contributed by atoms with Gasteiger partial charge in [-0.25, -0.2) is 0 Å². The Labute approximate surface area is 139 Å². The van der Waals surface area contributed by atoms with Crippen LogP contribution in [0.3, 0.4) is 0 Å². The molecule has 0 atom stereocenters. The Morgan fingerprint density at radius 3 is 1.40 bits per heavy atom. The molecule has 20 heavy (non-hydrogen) atoms. The van der Waals surface area contributed by atoms with Crippen LogP contribution in [0.15, 0.2) is 0 Å². The van der Waals surface area contributed by atoms with E-state index in [0.29, 0.717) is 25.9 Å². The maximum absolute atomic E-state index is 11.8. The Morgan fingerprint density at radius 1 is 0.750 bits per heavy atom. The quantitative estimate of drug-likeness (QED) is 0.385. The van der Waals surface area contributed by atoms with Crippen LogP contribution in [0, 0.1) is 0 Å². The van der Waals surface area contributed by atoms with Gasteiger partial charge in [-0.15, -0.1) is 0 Å². The molecule has 2 amide bonds. The highest BCUT2D eigenvalue weighted by molar-refractivity contribution is 9.09. The second kappa shape index (κ2) is 12.6. The van der Waals surface area contributed by atoms with Gasteiger partial charge in [-0.3, -0.25) is 9.59 Å². The van der Waals surface area contributed by atoms with Gasteiger partial charge in [0.2, 0.25) is 11.8 Å². The van der Waals surface area contributed by atoms with Crippen molar-refractivity contribution in [3.05, 3.63) is 0 Å². The topological polar surface area (TPSA) is 40.6 Å². The minimum atomic E-state index is 0.158. The SMILES string of the molecule is CN(CCN(C)C(=O)CCCCBr)C(=O)CCCCBr. The third kappa shape index (κ3) is 9.75. The summed E-state index contributed by atoms with van der Waals surface area (Å²) in [6.45, 7) is 1.21. The van der Waals surface area contributed by atoms with Crippen molar-refractivity contribution >= 4 is 43.7 Å². The van der Waals surface area contributed by atoms with Crippen LogP contribution >= 0.6 is 31.9 Å². The molecule has 0 saturated carbocycles. The fraction of sp³-hybridized carbons (Fsp3) is 0.857. The molecule has 0 aliphatic rings. The van der Waals surface area contributed by atoms with Crippen molar-refractivity contribution in [1.82, 2.24) is 9.80 Å². The number of likely N-dealkylation sites (N-methyl/N-ethyl adjacent to an activating group) is 2. The van der Waals surface area contributed by atoms with Gasteiger partial charge in [-0.05, 0) is 25.7 Å². The van der Waals surface area contributed by atoms with Crippen molar-refractivity contribution in [2.24, 2.45) is 0 Å². The summed E-state index contributed by atoms with van der Waals surface area (Å²) in [5.74, 6) is 0.317. The number of nitrogens with zero attached hydrogens (tertiary/aromatic N) is 2. The molecule has 118 valence electrons. The number of carbonyl (C=O) groups is 2. The maximum Gasteiger partial charge on any atom is 0.222 e. The van der Waals surface area contributed by atoms with E-state index in [1.807, 2.05) is 0 Å². The number of hydrogen-bond acceptors (Lipinski definition) is 2. The van der Waals surface area contributed by atoms with Gasteiger partial charge in [-0.1, -0.05) is 31.9 Å². The Hall–Kier alpha value is -0.100. The van der Waals surface area contributed by atoms with Gasteiger partial charge in [0.15, 0.2) is 0 Å². The molecule has 0 aliphatic heterocycles. The minimum absolute atomic E-state index is 0.158. The highest BCUT2D eigenvalue weighted by Crippen LogP contribution is 2.04. The molecular weight excluding hydrogens is 388 g/mol. The van der Waals surface area contributed by atoms with Gasteiger partial charge in [0.05, 0.1) is 0 Å². The van der Waals surface area contributed by atoms with E-state index in [1.165, 1.54) is 0 Å². The second-order valence-electron chi connectivity index (χ2n) is 4.92. The molecular formula is C14H26Br2N2O2. The Bertz CT molecular complexity index is 260. The molecule has 0 bridgehead atoms. The number of amides is 2. The van der Waals surface area contributed by atoms with E-state index in [-0.39, 0.29) is 11.8 Å². The number of carbonyl (C=O) groups excluding carboxylic acids is 2. The van der Waals surface area contributed by atoms with Crippen LogP contribution in [0.2, 0.25) is 0 Å². The zero-order valence-electron chi connectivity index (χ0n) is 12.5. The average molecular weight is 414 g/mol. The fourth-order valence-corrected chi connectivity index (χ4v) is 2.47. The lowest BCUT2D eigenvalue weighted by atomic mass is 10.2. The first-order chi connectivity index (χ1) is 9.52. The van der Waals surface area contributed by atoms with E-state index in [1.54, 1.807) is 23.9 Å². The number of alkyl halides is 2. The molecule has 0 saturated heterocycles. The molecule has 0 unspecified atom stereocenters. The van der Waals surface area contributed by atoms with Crippen molar-refractivity contribution in [2.45, 2.75) is 38.5 Å². The Morgan fingerprint density at radius 2 is 1.10 bits per heavy atom. The van der Waals surface area contributed by atoms with E-state index < -0.39 is 0 Å².